The molecule has 0 nitrogen and oxygen atoms in total. The van der Waals surface area contributed by atoms with Crippen molar-refractivity contribution in [2.75, 3.05) is 0 Å². The molecular weight excluding hydrogens is 195 g/mol. The third-order valence-electron chi connectivity index (χ3n) is 2.81. The van der Waals surface area contributed by atoms with Gasteiger partial charge in [-0.1, -0.05) is 59.7 Å². The summed E-state index contributed by atoms with van der Waals surface area (Å²) >= 11 is 1.14. The van der Waals surface area contributed by atoms with E-state index in [9.17, 15) is 0 Å². The summed E-state index contributed by atoms with van der Waals surface area (Å²) < 4.78 is 1.51. The van der Waals surface area contributed by atoms with E-state index < -0.39 is 0 Å². The fourth-order valence-electron chi connectivity index (χ4n) is 1.65. The van der Waals surface area contributed by atoms with Crippen molar-refractivity contribution in [1.29, 1.82) is 0 Å². The Labute approximate surface area is 103 Å². The molecule has 0 aromatic heterocycles. The minimum absolute atomic E-state index is 0.264. The number of benzene rings is 1. The van der Waals surface area contributed by atoms with Crippen LogP contribution in [-0.4, -0.2) is 16.3 Å². The molecule has 0 atom stereocenters. The molecule has 0 bridgehead atoms. The molecule has 1 rings (SSSR count). The first-order valence-electron chi connectivity index (χ1n) is 5.73. The van der Waals surface area contributed by atoms with Gasteiger partial charge in [0.2, 0.25) is 0 Å². The molecule has 0 aliphatic heterocycles. The molecule has 0 saturated heterocycles. The number of rotatable bonds is 0. The van der Waals surface area contributed by atoms with Gasteiger partial charge in [0.15, 0.2) is 0 Å². The van der Waals surface area contributed by atoms with E-state index in [1.807, 2.05) is 0 Å². The van der Waals surface area contributed by atoms with Crippen LogP contribution in [0.4, 0.5) is 0 Å². The van der Waals surface area contributed by atoms with Gasteiger partial charge in [0, 0.05) is 0 Å². The summed E-state index contributed by atoms with van der Waals surface area (Å²) in [6.07, 6.45) is 0. The van der Waals surface area contributed by atoms with Crippen molar-refractivity contribution in [3.05, 3.63) is 29.3 Å². The zero-order valence-electron chi connectivity index (χ0n) is 11.2. The van der Waals surface area contributed by atoms with Gasteiger partial charge in [-0.15, -0.1) is 4.43 Å². The Bertz CT molecular complexity index is 318. The quantitative estimate of drug-likeness (QED) is 0.587. The maximum absolute atomic E-state index is 2.38. The first kappa shape index (κ1) is 12.8. The van der Waals surface area contributed by atoms with Crippen LogP contribution in [-0.2, 0) is 10.8 Å². The summed E-state index contributed by atoms with van der Waals surface area (Å²) in [7, 11) is 0. The van der Waals surface area contributed by atoms with Gasteiger partial charge in [0.05, 0.1) is 0 Å². The van der Waals surface area contributed by atoms with E-state index in [1.165, 1.54) is 15.6 Å². The highest BCUT2D eigenvalue weighted by molar-refractivity contribution is 6.32. The zero-order valence-corrected chi connectivity index (χ0v) is 13.2. The lowest BCUT2D eigenvalue weighted by Gasteiger charge is -2.25. The van der Waals surface area contributed by atoms with Crippen LogP contribution < -0.4 is 4.43 Å². The molecule has 0 aliphatic rings. The Hall–Kier alpha value is -0.248. The molecule has 0 heterocycles. The second kappa shape index (κ2) is 3.96. The zero-order chi connectivity index (χ0) is 11.9. The minimum Gasteiger partial charge on any atom is -0.120 e. The van der Waals surface area contributed by atoms with E-state index in [4.69, 9.17) is 0 Å². The van der Waals surface area contributed by atoms with Gasteiger partial charge in [-0.3, -0.25) is 0 Å². The van der Waals surface area contributed by atoms with E-state index in [1.54, 1.807) is 0 Å². The average molecular weight is 218 g/mol. The van der Waals surface area contributed by atoms with Crippen molar-refractivity contribution in [3.63, 3.8) is 0 Å². The van der Waals surface area contributed by atoms with Gasteiger partial charge in [-0.2, -0.15) is 0 Å². The van der Waals surface area contributed by atoms with Crippen molar-refractivity contribution in [2.45, 2.75) is 52.4 Å². The van der Waals surface area contributed by atoms with Crippen molar-refractivity contribution >= 4 is 20.7 Å². The Morgan fingerprint density at radius 2 is 1.07 bits per heavy atom. The highest BCUT2D eigenvalue weighted by Gasteiger charge is 2.19. The summed E-state index contributed by atoms with van der Waals surface area (Å²) in [6.45, 7) is 13.7. The van der Waals surface area contributed by atoms with Crippen LogP contribution >= 0.6 is 0 Å². The second-order valence-corrected chi connectivity index (χ2v) is 7.74. The Morgan fingerprint density at radius 3 is 1.33 bits per heavy atom. The van der Waals surface area contributed by atoms with E-state index in [0.717, 1.165) is 16.3 Å². The molecule has 82 valence electrons. The normalized spacial score (nSPS) is 12.9. The summed E-state index contributed by atoms with van der Waals surface area (Å²) in [5.74, 6) is 0. The molecule has 0 N–H and O–H groups in total. The van der Waals surface area contributed by atoms with Crippen LogP contribution in [0.2, 0.25) is 0 Å². The largest absolute Gasteiger partial charge is 0.258 e. The monoisotopic (exact) mass is 218 g/mol. The van der Waals surface area contributed by atoms with Gasteiger partial charge in [-0.25, -0.2) is 0 Å². The van der Waals surface area contributed by atoms with Gasteiger partial charge < -0.3 is 0 Å². The SMILES string of the molecule is CC(C)(C)c1c[c]([AlH2])cc(C(C)(C)C)c1. The third-order valence-corrected chi connectivity index (χ3v) is 3.39. The van der Waals surface area contributed by atoms with E-state index in [-0.39, 0.29) is 10.8 Å². The van der Waals surface area contributed by atoms with Crippen LogP contribution in [0.1, 0.15) is 52.7 Å². The molecule has 15 heavy (non-hydrogen) atoms. The molecule has 1 aromatic rings. The fraction of sp³-hybridized carbons (Fsp3) is 0.571. The maximum Gasteiger partial charge on any atom is 0.258 e. The summed E-state index contributed by atoms with van der Waals surface area (Å²) in [5, 5.41) is 0. The summed E-state index contributed by atoms with van der Waals surface area (Å²) in [5.41, 5.74) is 3.47. The molecule has 0 unspecified atom stereocenters. The van der Waals surface area contributed by atoms with Crippen LogP contribution in [0.5, 0.6) is 0 Å². The molecule has 0 aliphatic carbocycles. The Balaban J connectivity index is 3.30. The summed E-state index contributed by atoms with van der Waals surface area (Å²) in [4.78, 5) is 0. The van der Waals surface area contributed by atoms with Gasteiger partial charge in [0.1, 0.15) is 0 Å². The third kappa shape index (κ3) is 3.37. The molecule has 0 fully saturated rings. The van der Waals surface area contributed by atoms with E-state index in [0.29, 0.717) is 0 Å². The second-order valence-electron chi connectivity index (χ2n) is 6.59. The molecule has 0 saturated carbocycles. The first-order valence-corrected chi connectivity index (χ1v) is 6.73. The standard InChI is InChI=1S/C14H21.Al.2H/c1-13(2,3)11-8-7-9-12(10-11)14(4,5)6;;;/h8-10H,1-6H3;;;. The number of hydrogen-bond donors (Lipinski definition) is 0. The van der Waals surface area contributed by atoms with Crippen LogP contribution in [0.3, 0.4) is 0 Å². The molecule has 0 radical (unpaired) electrons. The smallest absolute Gasteiger partial charge is 0.120 e. The van der Waals surface area contributed by atoms with Crippen molar-refractivity contribution in [1.82, 2.24) is 0 Å². The van der Waals surface area contributed by atoms with Crippen LogP contribution in [0, 0.1) is 0 Å². The Morgan fingerprint density at radius 1 is 0.733 bits per heavy atom. The molecule has 0 spiro atoms. The Kier molecular flexibility index (Phi) is 3.39. The predicted molar refractivity (Wildman–Crippen MR) is 72.0 cm³/mol. The van der Waals surface area contributed by atoms with E-state index >= 15 is 0 Å². The topological polar surface area (TPSA) is 0 Å². The lowest BCUT2D eigenvalue weighted by Crippen LogP contribution is -2.20. The minimum atomic E-state index is 0.264. The summed E-state index contributed by atoms with van der Waals surface area (Å²) in [6, 6.07) is 7.10. The van der Waals surface area contributed by atoms with Crippen molar-refractivity contribution < 1.29 is 0 Å². The highest BCUT2D eigenvalue weighted by Crippen LogP contribution is 2.27. The number of hydrogen-bond acceptors (Lipinski definition) is 0. The molecule has 1 aromatic carbocycles. The average Bonchev–Trinajstić information content (AvgIpc) is 1.99. The maximum atomic E-state index is 2.38. The highest BCUT2D eigenvalue weighted by atomic mass is 27.0. The fourth-order valence-corrected chi connectivity index (χ4v) is 2.27. The molecule has 0 amide bonds. The van der Waals surface area contributed by atoms with Crippen LogP contribution in [0.15, 0.2) is 18.2 Å². The van der Waals surface area contributed by atoms with E-state index in [2.05, 4.69) is 59.7 Å². The van der Waals surface area contributed by atoms with Gasteiger partial charge in [0.25, 0.3) is 16.3 Å². The molecule has 1 heteroatoms. The van der Waals surface area contributed by atoms with Crippen molar-refractivity contribution in [2.24, 2.45) is 0 Å². The van der Waals surface area contributed by atoms with Gasteiger partial charge in [-0.05, 0) is 22.0 Å². The lowest BCUT2D eigenvalue weighted by molar-refractivity contribution is 0.569. The predicted octanol–water partition coefficient (Wildman–Crippen LogP) is 2.54. The first-order chi connectivity index (χ1) is 6.60. The molecular formula is C14H23Al. The lowest BCUT2D eigenvalue weighted by atomic mass is 9.81. The van der Waals surface area contributed by atoms with Gasteiger partial charge >= 0.3 is 0 Å². The van der Waals surface area contributed by atoms with Crippen LogP contribution in [0.25, 0.3) is 0 Å². The van der Waals surface area contributed by atoms with Crippen molar-refractivity contribution in [3.8, 4) is 0 Å².